The number of aromatic nitrogens is 1. The summed E-state index contributed by atoms with van der Waals surface area (Å²) in [7, 11) is 0. The molecule has 1 unspecified atom stereocenters. The molecule has 5 nitrogen and oxygen atoms in total. The first kappa shape index (κ1) is 14.1. The second-order valence-electron chi connectivity index (χ2n) is 5.77. The Labute approximate surface area is 114 Å². The molecule has 1 amide bonds. The van der Waals surface area contributed by atoms with Crippen LogP contribution in [-0.2, 0) is 17.8 Å². The van der Waals surface area contributed by atoms with Crippen molar-refractivity contribution in [2.75, 3.05) is 6.54 Å². The van der Waals surface area contributed by atoms with Gasteiger partial charge in [0.25, 0.3) is 0 Å². The van der Waals surface area contributed by atoms with Gasteiger partial charge in [0.15, 0.2) is 0 Å². The zero-order valence-corrected chi connectivity index (χ0v) is 12.0. The predicted molar refractivity (Wildman–Crippen MR) is 72.5 cm³/mol. The van der Waals surface area contributed by atoms with E-state index in [0.717, 1.165) is 31.6 Å². The Hall–Kier alpha value is -1.36. The molecule has 5 heteroatoms. The van der Waals surface area contributed by atoms with Gasteiger partial charge in [-0.15, -0.1) is 0 Å². The third kappa shape index (κ3) is 3.35. The van der Waals surface area contributed by atoms with Gasteiger partial charge in [-0.2, -0.15) is 0 Å². The van der Waals surface area contributed by atoms with Crippen molar-refractivity contribution >= 4 is 5.91 Å². The largest absolute Gasteiger partial charge is 0.444 e. The van der Waals surface area contributed by atoms with Crippen LogP contribution in [0.1, 0.15) is 45.3 Å². The van der Waals surface area contributed by atoms with Crippen LogP contribution in [0.3, 0.4) is 0 Å². The highest BCUT2D eigenvalue weighted by Gasteiger charge is 2.36. The Bertz CT molecular complexity index is 440. The van der Waals surface area contributed by atoms with Crippen molar-refractivity contribution in [1.82, 2.24) is 15.6 Å². The number of nitrogens with one attached hydrogen (secondary N) is 2. The highest BCUT2D eigenvalue weighted by atomic mass is 16.4. The number of hydrogen-bond acceptors (Lipinski definition) is 4. The molecule has 2 N–H and O–H groups in total. The van der Waals surface area contributed by atoms with E-state index in [1.807, 2.05) is 6.92 Å². The summed E-state index contributed by atoms with van der Waals surface area (Å²) in [6, 6.07) is -0.137. The van der Waals surface area contributed by atoms with Crippen LogP contribution in [0.25, 0.3) is 0 Å². The highest BCUT2D eigenvalue weighted by molar-refractivity contribution is 5.82. The molecular formula is C14H23N3O2. The number of nitrogens with zero attached hydrogens (tertiary/aromatic N) is 1. The van der Waals surface area contributed by atoms with Gasteiger partial charge in [0.2, 0.25) is 11.8 Å². The van der Waals surface area contributed by atoms with Gasteiger partial charge in [-0.1, -0.05) is 20.8 Å². The fraction of sp³-hybridized carbons (Fsp3) is 0.714. The monoisotopic (exact) mass is 265 g/mol. The summed E-state index contributed by atoms with van der Waals surface area (Å²) in [5.74, 6) is 1.44. The number of rotatable bonds is 4. The Morgan fingerprint density at radius 2 is 2.42 bits per heavy atom. The summed E-state index contributed by atoms with van der Waals surface area (Å²) in [6.07, 6.45) is 4.72. The van der Waals surface area contributed by atoms with E-state index in [2.05, 4.69) is 29.5 Å². The van der Waals surface area contributed by atoms with E-state index in [1.165, 1.54) is 0 Å². The average Bonchev–Trinajstić information content (AvgIpc) is 2.83. The second-order valence-corrected chi connectivity index (χ2v) is 5.77. The van der Waals surface area contributed by atoms with Crippen molar-refractivity contribution in [2.45, 2.75) is 52.6 Å². The molecule has 0 bridgehead atoms. The van der Waals surface area contributed by atoms with Crippen molar-refractivity contribution < 1.29 is 9.21 Å². The minimum Gasteiger partial charge on any atom is -0.444 e. The van der Waals surface area contributed by atoms with Gasteiger partial charge < -0.3 is 15.1 Å². The summed E-state index contributed by atoms with van der Waals surface area (Å²) in [5, 5.41) is 6.20. The van der Waals surface area contributed by atoms with Crippen LogP contribution in [0.15, 0.2) is 10.6 Å². The minimum absolute atomic E-state index is 0.00644. The molecule has 1 fully saturated rings. The smallest absolute Gasteiger partial charge is 0.238 e. The number of oxazole rings is 1. The van der Waals surface area contributed by atoms with Crippen molar-refractivity contribution in [1.29, 1.82) is 0 Å². The van der Waals surface area contributed by atoms with Crippen molar-refractivity contribution in [2.24, 2.45) is 5.41 Å². The summed E-state index contributed by atoms with van der Waals surface area (Å²) in [4.78, 5) is 16.4. The Balaban J connectivity index is 1.90. The fourth-order valence-electron chi connectivity index (χ4n) is 2.52. The molecule has 0 spiro atoms. The van der Waals surface area contributed by atoms with E-state index < -0.39 is 0 Å². The molecule has 0 saturated carbocycles. The molecule has 1 saturated heterocycles. The summed E-state index contributed by atoms with van der Waals surface area (Å²) in [6.45, 7) is 7.53. The lowest BCUT2D eigenvalue weighted by atomic mass is 9.77. The van der Waals surface area contributed by atoms with Gasteiger partial charge >= 0.3 is 0 Å². The SMILES string of the molecule is CCc1cnc(CNC(=O)C2NCCCC2(C)C)o1. The zero-order chi connectivity index (χ0) is 13.9. The van der Waals surface area contributed by atoms with Crippen LogP contribution in [0.5, 0.6) is 0 Å². The first-order valence-corrected chi connectivity index (χ1v) is 6.97. The number of carbonyl (C=O) groups excluding carboxylic acids is 1. The van der Waals surface area contributed by atoms with Crippen LogP contribution in [0.4, 0.5) is 0 Å². The normalized spacial score (nSPS) is 22.2. The van der Waals surface area contributed by atoms with E-state index in [1.54, 1.807) is 6.20 Å². The van der Waals surface area contributed by atoms with Gasteiger partial charge in [0.05, 0.1) is 18.8 Å². The van der Waals surface area contributed by atoms with Crippen LogP contribution < -0.4 is 10.6 Å². The molecule has 1 atom stereocenters. The first-order chi connectivity index (χ1) is 9.03. The zero-order valence-electron chi connectivity index (χ0n) is 12.0. The van der Waals surface area contributed by atoms with Crippen molar-refractivity contribution in [3.05, 3.63) is 17.8 Å². The summed E-state index contributed by atoms with van der Waals surface area (Å²) < 4.78 is 5.48. The van der Waals surface area contributed by atoms with Gasteiger partial charge in [-0.3, -0.25) is 4.79 Å². The number of aryl methyl sites for hydroxylation is 1. The third-order valence-corrected chi connectivity index (χ3v) is 3.75. The maximum Gasteiger partial charge on any atom is 0.238 e. The van der Waals surface area contributed by atoms with Gasteiger partial charge in [-0.05, 0) is 24.8 Å². The first-order valence-electron chi connectivity index (χ1n) is 6.97. The number of piperidine rings is 1. The van der Waals surface area contributed by atoms with Crippen LogP contribution >= 0.6 is 0 Å². The molecule has 0 aromatic carbocycles. The van der Waals surface area contributed by atoms with Crippen LogP contribution in [0, 0.1) is 5.41 Å². The molecular weight excluding hydrogens is 242 g/mol. The van der Waals surface area contributed by atoms with Gasteiger partial charge in [0.1, 0.15) is 5.76 Å². The molecule has 2 rings (SSSR count). The Morgan fingerprint density at radius 3 is 3.05 bits per heavy atom. The lowest BCUT2D eigenvalue weighted by molar-refractivity contribution is -0.127. The highest BCUT2D eigenvalue weighted by Crippen LogP contribution is 2.30. The van der Waals surface area contributed by atoms with Crippen molar-refractivity contribution in [3.8, 4) is 0 Å². The van der Waals surface area contributed by atoms with Crippen LogP contribution in [-0.4, -0.2) is 23.5 Å². The predicted octanol–water partition coefficient (Wildman–Crippen LogP) is 1.63. The molecule has 2 heterocycles. The molecule has 1 aromatic heterocycles. The molecule has 106 valence electrons. The van der Waals surface area contributed by atoms with Crippen molar-refractivity contribution in [3.63, 3.8) is 0 Å². The maximum absolute atomic E-state index is 12.2. The van der Waals surface area contributed by atoms with Crippen LogP contribution in [0.2, 0.25) is 0 Å². The number of amides is 1. The van der Waals surface area contributed by atoms with E-state index >= 15 is 0 Å². The Morgan fingerprint density at radius 1 is 1.63 bits per heavy atom. The second kappa shape index (κ2) is 5.74. The lowest BCUT2D eigenvalue weighted by Crippen LogP contribution is -2.55. The summed E-state index contributed by atoms with van der Waals surface area (Å²) >= 11 is 0. The Kier molecular flexibility index (Phi) is 4.24. The van der Waals surface area contributed by atoms with Gasteiger partial charge in [-0.25, -0.2) is 4.98 Å². The number of carbonyl (C=O) groups is 1. The number of hydrogen-bond donors (Lipinski definition) is 2. The molecule has 0 aliphatic carbocycles. The fourth-order valence-corrected chi connectivity index (χ4v) is 2.52. The molecule has 0 radical (unpaired) electrons. The van der Waals surface area contributed by atoms with E-state index in [9.17, 15) is 4.79 Å². The minimum atomic E-state index is -0.137. The van der Waals surface area contributed by atoms with E-state index in [4.69, 9.17) is 4.42 Å². The third-order valence-electron chi connectivity index (χ3n) is 3.75. The molecule has 1 aromatic rings. The standard InChI is InChI=1S/C14H23N3O2/c1-4-10-8-16-11(19-10)9-17-13(18)12-14(2,3)6-5-7-15-12/h8,12,15H,4-7,9H2,1-3H3,(H,17,18). The quantitative estimate of drug-likeness (QED) is 0.868. The maximum atomic E-state index is 12.2. The average molecular weight is 265 g/mol. The van der Waals surface area contributed by atoms with E-state index in [-0.39, 0.29) is 17.4 Å². The van der Waals surface area contributed by atoms with Gasteiger partial charge in [0, 0.05) is 6.42 Å². The molecule has 19 heavy (non-hydrogen) atoms. The summed E-state index contributed by atoms with van der Waals surface area (Å²) in [5.41, 5.74) is -0.00644. The molecule has 1 aliphatic heterocycles. The topological polar surface area (TPSA) is 67.2 Å². The molecule has 1 aliphatic rings. The van der Waals surface area contributed by atoms with E-state index in [0.29, 0.717) is 12.4 Å². The lowest BCUT2D eigenvalue weighted by Gasteiger charge is -2.38.